The summed E-state index contributed by atoms with van der Waals surface area (Å²) in [6.07, 6.45) is -9.51. The largest absolute Gasteiger partial charge is 0.394 e. The molecule has 372 valence electrons. The van der Waals surface area contributed by atoms with Gasteiger partial charge >= 0.3 is 0 Å². The normalized spacial score (nSPS) is 40.9. The van der Waals surface area contributed by atoms with Crippen LogP contribution in [0, 0.1) is 23.2 Å². The molecular formula is C43H80O20. The van der Waals surface area contributed by atoms with E-state index in [2.05, 4.69) is 0 Å². The zero-order chi connectivity index (χ0) is 46.3. The number of ether oxygens (including phenoxy) is 17. The lowest BCUT2D eigenvalue weighted by Gasteiger charge is -2.49. The van der Waals surface area contributed by atoms with Crippen molar-refractivity contribution in [1.29, 1.82) is 0 Å². The van der Waals surface area contributed by atoms with E-state index in [1.165, 1.54) is 7.11 Å². The molecule has 0 aliphatic carbocycles. The van der Waals surface area contributed by atoms with Crippen LogP contribution < -0.4 is 0 Å². The maximum absolute atomic E-state index is 11.6. The average Bonchev–Trinajstić information content (AvgIpc) is 3.27. The summed E-state index contributed by atoms with van der Waals surface area (Å²) in [7, 11) is 15.8. The van der Waals surface area contributed by atoms with Gasteiger partial charge in [-0.2, -0.15) is 0 Å². The van der Waals surface area contributed by atoms with E-state index in [0.29, 0.717) is 6.61 Å². The highest BCUT2D eigenvalue weighted by molar-refractivity contribution is 5.00. The third kappa shape index (κ3) is 13.3. The lowest BCUT2D eigenvalue weighted by molar-refractivity contribution is -0.264. The summed E-state index contributed by atoms with van der Waals surface area (Å²) in [6.45, 7) is 5.52. The van der Waals surface area contributed by atoms with Gasteiger partial charge in [0.1, 0.15) is 48.8 Å². The Morgan fingerprint density at radius 3 is 1.17 bits per heavy atom. The number of hydrogen-bond acceptors (Lipinski definition) is 20. The van der Waals surface area contributed by atoms with Gasteiger partial charge in [-0.1, -0.05) is 13.8 Å². The van der Waals surface area contributed by atoms with Crippen LogP contribution in [0.25, 0.3) is 0 Å². The zero-order valence-electron chi connectivity index (χ0n) is 39.5. The van der Waals surface area contributed by atoms with Crippen LogP contribution in [0.4, 0.5) is 0 Å². The highest BCUT2D eigenvalue weighted by atomic mass is 16.6. The molecule has 19 unspecified atom stereocenters. The molecule has 4 fully saturated rings. The van der Waals surface area contributed by atoms with Crippen LogP contribution in [0.15, 0.2) is 0 Å². The standard InChI is InChI=1S/C43H80O20/c1-43(2)34(23-50-6)63-32(36(46)42(43)56-12)21-57-14-24-28(17-47-3)61-31(35(45)37(24)51-7)20-58-15-26-30(19-49-5)62-33(41(55-11)39(26)53-9)22-59-16-25-29(18-48-4)60-27(13-44)40(54-10)38(25)52-8/h24-42,44-46H,13-23H2,1-12H3. The molecule has 0 aromatic heterocycles. The van der Waals surface area contributed by atoms with E-state index in [-0.39, 0.29) is 84.0 Å². The van der Waals surface area contributed by atoms with Gasteiger partial charge in [-0.3, -0.25) is 0 Å². The van der Waals surface area contributed by atoms with Crippen molar-refractivity contribution in [2.75, 3.05) is 144 Å². The highest BCUT2D eigenvalue weighted by Crippen LogP contribution is 2.39. The quantitative estimate of drug-likeness (QED) is 0.0935. The minimum Gasteiger partial charge on any atom is -0.394 e. The first kappa shape index (κ1) is 54.8. The van der Waals surface area contributed by atoms with Gasteiger partial charge in [0.25, 0.3) is 0 Å². The van der Waals surface area contributed by atoms with E-state index < -0.39 is 103 Å². The highest BCUT2D eigenvalue weighted by Gasteiger charge is 2.53. The second kappa shape index (κ2) is 27.3. The van der Waals surface area contributed by atoms with Gasteiger partial charge in [-0.25, -0.2) is 0 Å². The molecule has 0 radical (unpaired) electrons. The van der Waals surface area contributed by atoms with Gasteiger partial charge in [-0.05, 0) is 0 Å². The molecule has 4 aliphatic heterocycles. The number of rotatable bonds is 27. The van der Waals surface area contributed by atoms with Gasteiger partial charge in [0.15, 0.2) is 0 Å². The second-order valence-electron chi connectivity index (χ2n) is 17.4. The van der Waals surface area contributed by atoms with Gasteiger partial charge in [0.2, 0.25) is 0 Å². The van der Waals surface area contributed by atoms with Crippen molar-refractivity contribution in [2.24, 2.45) is 23.2 Å². The first-order valence-corrected chi connectivity index (χ1v) is 21.8. The summed E-state index contributed by atoms with van der Waals surface area (Å²) >= 11 is 0. The van der Waals surface area contributed by atoms with Gasteiger partial charge in [-0.15, -0.1) is 0 Å². The lowest BCUT2D eigenvalue weighted by Crippen LogP contribution is -2.62. The first-order valence-electron chi connectivity index (χ1n) is 21.8. The summed E-state index contributed by atoms with van der Waals surface area (Å²) in [6, 6.07) is 0. The molecule has 63 heavy (non-hydrogen) atoms. The third-order valence-corrected chi connectivity index (χ3v) is 13.3. The molecule has 4 heterocycles. The topological polar surface area (TPSA) is 218 Å². The van der Waals surface area contributed by atoms with Crippen molar-refractivity contribution in [2.45, 2.75) is 112 Å². The smallest absolute Gasteiger partial charge is 0.112 e. The fraction of sp³-hybridized carbons (Fsp3) is 1.00. The molecule has 20 nitrogen and oxygen atoms in total. The summed E-state index contributed by atoms with van der Waals surface area (Å²) in [5, 5.41) is 32.8. The van der Waals surface area contributed by atoms with E-state index in [1.54, 1.807) is 64.0 Å². The van der Waals surface area contributed by atoms with Crippen LogP contribution in [-0.2, 0) is 80.5 Å². The summed E-state index contributed by atoms with van der Waals surface area (Å²) in [4.78, 5) is 0. The fourth-order valence-electron chi connectivity index (χ4n) is 9.96. The fourth-order valence-corrected chi connectivity index (χ4v) is 9.96. The minimum absolute atomic E-state index is 0.0230. The van der Waals surface area contributed by atoms with Crippen molar-refractivity contribution in [1.82, 2.24) is 0 Å². The number of hydrogen-bond donors (Lipinski definition) is 3. The number of aliphatic hydroxyl groups excluding tert-OH is 3. The lowest BCUT2D eigenvalue weighted by atomic mass is 9.75. The van der Waals surface area contributed by atoms with Crippen LogP contribution in [0.2, 0.25) is 0 Å². The molecule has 0 aromatic rings. The average molecular weight is 917 g/mol. The minimum atomic E-state index is -1.08. The SMILES string of the molecule is COCC1OC(COCC2C(COC)OC(COCC3C(COC)OC(CO)C(OC)C3OC)C(OC)C2OC)C(O)C(OC)C1COCC1OC(COC)C(C)(C)C(OC)C1O. The zero-order valence-corrected chi connectivity index (χ0v) is 39.5. The molecule has 4 aliphatic rings. The third-order valence-electron chi connectivity index (χ3n) is 13.3. The predicted octanol–water partition coefficient (Wildman–Crippen LogP) is -0.630. The van der Waals surface area contributed by atoms with Crippen LogP contribution in [0.3, 0.4) is 0 Å². The Balaban J connectivity index is 1.37. The summed E-state index contributed by atoms with van der Waals surface area (Å²) in [5.41, 5.74) is -0.511. The Labute approximate surface area is 373 Å². The predicted molar refractivity (Wildman–Crippen MR) is 223 cm³/mol. The van der Waals surface area contributed by atoms with Crippen molar-refractivity contribution < 1.29 is 95.8 Å². The monoisotopic (exact) mass is 917 g/mol. The van der Waals surface area contributed by atoms with Gasteiger partial charge in [0, 0.05) is 94.3 Å². The molecule has 4 rings (SSSR count). The molecule has 0 amide bonds. The van der Waals surface area contributed by atoms with Crippen LogP contribution >= 0.6 is 0 Å². The van der Waals surface area contributed by atoms with Crippen molar-refractivity contribution in [3.05, 3.63) is 0 Å². The van der Waals surface area contributed by atoms with E-state index >= 15 is 0 Å². The molecule has 0 bridgehead atoms. The maximum Gasteiger partial charge on any atom is 0.112 e. The van der Waals surface area contributed by atoms with E-state index in [4.69, 9.17) is 80.5 Å². The van der Waals surface area contributed by atoms with E-state index in [1.807, 2.05) is 13.8 Å². The molecule has 3 N–H and O–H groups in total. The van der Waals surface area contributed by atoms with Gasteiger partial charge < -0.3 is 95.8 Å². The van der Waals surface area contributed by atoms with E-state index in [0.717, 1.165) is 0 Å². The molecular weight excluding hydrogens is 836 g/mol. The van der Waals surface area contributed by atoms with Crippen LogP contribution in [0.5, 0.6) is 0 Å². The molecule has 20 heteroatoms. The van der Waals surface area contributed by atoms with E-state index in [9.17, 15) is 15.3 Å². The Hall–Kier alpha value is -0.800. The Kier molecular flexibility index (Phi) is 23.7. The van der Waals surface area contributed by atoms with Crippen LogP contribution in [0.1, 0.15) is 13.8 Å². The Bertz CT molecular complexity index is 1240. The summed E-state index contributed by atoms with van der Waals surface area (Å²) in [5.74, 6) is -1.05. The Morgan fingerprint density at radius 2 is 0.762 bits per heavy atom. The van der Waals surface area contributed by atoms with Crippen molar-refractivity contribution in [3.63, 3.8) is 0 Å². The van der Waals surface area contributed by atoms with Crippen LogP contribution in [-0.4, -0.2) is 257 Å². The molecule has 0 aromatic carbocycles. The molecule has 0 saturated carbocycles. The molecule has 19 atom stereocenters. The Morgan fingerprint density at radius 1 is 0.381 bits per heavy atom. The van der Waals surface area contributed by atoms with Crippen molar-refractivity contribution in [3.8, 4) is 0 Å². The number of aliphatic hydroxyl groups is 3. The van der Waals surface area contributed by atoms with Gasteiger partial charge in [0.05, 0.1) is 122 Å². The molecule has 0 spiro atoms. The maximum atomic E-state index is 11.6. The van der Waals surface area contributed by atoms with Crippen molar-refractivity contribution >= 4 is 0 Å². The second-order valence-corrected chi connectivity index (χ2v) is 17.4. The molecule has 4 saturated heterocycles. The number of methoxy groups -OCH3 is 10. The first-order chi connectivity index (χ1) is 30.4. The summed E-state index contributed by atoms with van der Waals surface area (Å²) < 4.78 is 102.